The lowest BCUT2D eigenvalue weighted by Gasteiger charge is -2.05. The van der Waals surface area contributed by atoms with Crippen LogP contribution in [0.3, 0.4) is 0 Å². The van der Waals surface area contributed by atoms with Crippen molar-refractivity contribution in [3.8, 4) is 12.1 Å². The highest BCUT2D eigenvalue weighted by atomic mass is 32.2. The van der Waals surface area contributed by atoms with Crippen molar-refractivity contribution in [3.63, 3.8) is 0 Å². The Kier molecular flexibility index (Phi) is 4.21. The summed E-state index contributed by atoms with van der Waals surface area (Å²) in [6.07, 6.45) is 1.34. The van der Waals surface area contributed by atoms with Gasteiger partial charge in [0.2, 0.25) is 10.0 Å². The van der Waals surface area contributed by atoms with Crippen molar-refractivity contribution in [3.05, 3.63) is 17.7 Å². The largest absolute Gasteiger partial charge is 0.320 e. The third-order valence-corrected chi connectivity index (χ3v) is 3.51. The van der Waals surface area contributed by atoms with Gasteiger partial charge in [-0.15, -0.1) is 0 Å². The Bertz CT molecular complexity index is 576. The average Bonchev–Trinajstić information content (AvgIpc) is 2.71. The summed E-state index contributed by atoms with van der Waals surface area (Å²) in [7, 11) is -3.24. The third kappa shape index (κ3) is 3.28. The molecule has 0 bridgehead atoms. The molecule has 0 aliphatic carbocycles. The lowest BCUT2D eigenvalue weighted by atomic mass is 10.3. The van der Waals surface area contributed by atoms with Crippen LogP contribution >= 0.6 is 0 Å². The van der Waals surface area contributed by atoms with Gasteiger partial charge in [-0.1, -0.05) is 0 Å². The van der Waals surface area contributed by atoms with Crippen molar-refractivity contribution in [1.82, 2.24) is 14.3 Å². The van der Waals surface area contributed by atoms with Gasteiger partial charge >= 0.3 is 0 Å². The van der Waals surface area contributed by atoms with Crippen LogP contribution in [-0.2, 0) is 16.6 Å². The smallest absolute Gasteiger partial charge is 0.211 e. The van der Waals surface area contributed by atoms with Crippen LogP contribution < -0.4 is 4.72 Å². The number of imidazole rings is 1. The predicted octanol–water partition coefficient (Wildman–Crippen LogP) is -0.434. The predicted molar refractivity (Wildman–Crippen MR) is 59.1 cm³/mol. The summed E-state index contributed by atoms with van der Waals surface area (Å²) in [6, 6.07) is 3.65. The molecule has 0 aromatic carbocycles. The van der Waals surface area contributed by atoms with Gasteiger partial charge in [-0.3, -0.25) is 0 Å². The van der Waals surface area contributed by atoms with Gasteiger partial charge in [-0.25, -0.2) is 18.1 Å². The maximum atomic E-state index is 11.2. The zero-order chi connectivity index (χ0) is 12.9. The lowest BCUT2D eigenvalue weighted by Crippen LogP contribution is -2.28. The summed E-state index contributed by atoms with van der Waals surface area (Å²) in [5, 5.41) is 17.5. The van der Waals surface area contributed by atoms with Crippen LogP contribution in [0.4, 0.5) is 0 Å². The van der Waals surface area contributed by atoms with Gasteiger partial charge < -0.3 is 4.57 Å². The summed E-state index contributed by atoms with van der Waals surface area (Å²) in [5.41, 5.74) is 0.189. The van der Waals surface area contributed by atoms with E-state index < -0.39 is 10.0 Å². The number of nitriles is 2. The second kappa shape index (κ2) is 5.43. The summed E-state index contributed by atoms with van der Waals surface area (Å²) in [5.74, 6) is 0.00544. The van der Waals surface area contributed by atoms with Crippen molar-refractivity contribution in [2.75, 3.05) is 12.3 Å². The van der Waals surface area contributed by atoms with E-state index in [0.29, 0.717) is 0 Å². The normalized spacial score (nSPS) is 10.8. The fourth-order valence-electron chi connectivity index (χ4n) is 1.17. The first-order chi connectivity index (χ1) is 8.04. The first kappa shape index (κ1) is 13.2. The van der Waals surface area contributed by atoms with Gasteiger partial charge in [-0.2, -0.15) is 10.5 Å². The van der Waals surface area contributed by atoms with Crippen molar-refractivity contribution < 1.29 is 8.42 Å². The molecule has 0 atom stereocenters. The standard InChI is InChI=1S/C9H11N5O2S/c1-2-17(15,16)13-3-4-14-7-12-8(5-10)9(14)6-11/h7,13H,2-4H2,1H3. The molecule has 0 saturated carbocycles. The average molecular weight is 253 g/mol. The van der Waals surface area contributed by atoms with Gasteiger partial charge in [0, 0.05) is 13.1 Å². The number of rotatable bonds is 5. The van der Waals surface area contributed by atoms with E-state index in [-0.39, 0.29) is 30.2 Å². The van der Waals surface area contributed by atoms with Crippen LogP contribution in [0.25, 0.3) is 0 Å². The van der Waals surface area contributed by atoms with Crippen molar-refractivity contribution in [1.29, 1.82) is 10.5 Å². The molecule has 0 amide bonds. The molecule has 0 spiro atoms. The Hall–Kier alpha value is -1.90. The quantitative estimate of drug-likeness (QED) is 0.765. The Balaban J connectivity index is 2.69. The molecule has 0 aliphatic rings. The topological polar surface area (TPSA) is 112 Å². The Labute approximate surface area is 99.4 Å². The molecule has 0 aliphatic heterocycles. The number of nitrogens with one attached hydrogen (secondary N) is 1. The number of nitrogens with zero attached hydrogens (tertiary/aromatic N) is 4. The molecule has 1 aromatic rings. The van der Waals surface area contributed by atoms with Crippen LogP contribution in [0.2, 0.25) is 0 Å². The molecule has 1 heterocycles. The lowest BCUT2D eigenvalue weighted by molar-refractivity contribution is 0.573. The number of sulfonamides is 1. The summed E-state index contributed by atoms with van der Waals surface area (Å²) in [4.78, 5) is 3.74. The first-order valence-electron chi connectivity index (χ1n) is 4.86. The van der Waals surface area contributed by atoms with Gasteiger partial charge in [0.15, 0.2) is 11.4 Å². The van der Waals surface area contributed by atoms with E-state index in [2.05, 4.69) is 9.71 Å². The van der Waals surface area contributed by atoms with E-state index in [0.717, 1.165) is 0 Å². The second-order valence-corrected chi connectivity index (χ2v) is 5.25. The van der Waals surface area contributed by atoms with Crippen LogP contribution in [-0.4, -0.2) is 30.3 Å². The van der Waals surface area contributed by atoms with Crippen LogP contribution in [0.1, 0.15) is 18.3 Å². The molecule has 8 heteroatoms. The zero-order valence-electron chi connectivity index (χ0n) is 9.21. The molecule has 7 nitrogen and oxygen atoms in total. The maximum absolute atomic E-state index is 11.2. The Morgan fingerprint density at radius 3 is 2.71 bits per heavy atom. The van der Waals surface area contributed by atoms with Gasteiger partial charge in [0.1, 0.15) is 12.1 Å². The molecular formula is C9H11N5O2S. The number of aromatic nitrogens is 2. The SMILES string of the molecule is CCS(=O)(=O)NCCn1cnc(C#N)c1C#N. The summed E-state index contributed by atoms with van der Waals surface area (Å²) >= 11 is 0. The first-order valence-corrected chi connectivity index (χ1v) is 6.52. The molecule has 1 rings (SSSR count). The highest BCUT2D eigenvalue weighted by Gasteiger charge is 2.10. The number of hydrogen-bond acceptors (Lipinski definition) is 5. The number of hydrogen-bond donors (Lipinski definition) is 1. The van der Waals surface area contributed by atoms with Gasteiger partial charge in [0.05, 0.1) is 12.1 Å². The van der Waals surface area contributed by atoms with Crippen LogP contribution in [0, 0.1) is 22.7 Å². The minimum absolute atomic E-state index is 0.00544. The van der Waals surface area contributed by atoms with Gasteiger partial charge in [0.25, 0.3) is 0 Å². The molecule has 0 unspecified atom stereocenters. The molecule has 0 fully saturated rings. The van der Waals surface area contributed by atoms with Crippen molar-refractivity contribution in [2.45, 2.75) is 13.5 Å². The highest BCUT2D eigenvalue weighted by molar-refractivity contribution is 7.89. The molecular weight excluding hydrogens is 242 g/mol. The van der Waals surface area contributed by atoms with Crippen molar-refractivity contribution >= 4 is 10.0 Å². The minimum atomic E-state index is -3.24. The molecule has 90 valence electrons. The minimum Gasteiger partial charge on any atom is -0.320 e. The zero-order valence-corrected chi connectivity index (χ0v) is 10.0. The molecule has 1 N–H and O–H groups in total. The van der Waals surface area contributed by atoms with E-state index in [4.69, 9.17) is 10.5 Å². The molecule has 0 saturated heterocycles. The van der Waals surface area contributed by atoms with Gasteiger partial charge in [-0.05, 0) is 6.92 Å². The maximum Gasteiger partial charge on any atom is 0.211 e. The van der Waals surface area contributed by atoms with E-state index in [1.54, 1.807) is 6.07 Å². The Morgan fingerprint density at radius 1 is 1.47 bits per heavy atom. The van der Waals surface area contributed by atoms with Crippen LogP contribution in [0.5, 0.6) is 0 Å². The van der Waals surface area contributed by atoms with Crippen LogP contribution in [0.15, 0.2) is 6.33 Å². The third-order valence-electron chi connectivity index (χ3n) is 2.10. The highest BCUT2D eigenvalue weighted by Crippen LogP contribution is 2.04. The monoisotopic (exact) mass is 253 g/mol. The summed E-state index contributed by atoms with van der Waals surface area (Å²) in [6.45, 7) is 1.96. The molecule has 1 aromatic heterocycles. The second-order valence-electron chi connectivity index (χ2n) is 3.16. The summed E-state index contributed by atoms with van der Waals surface area (Å²) < 4.78 is 26.1. The Morgan fingerprint density at radius 2 is 2.18 bits per heavy atom. The van der Waals surface area contributed by atoms with Crippen molar-refractivity contribution in [2.24, 2.45) is 0 Å². The van der Waals surface area contributed by atoms with E-state index in [1.807, 2.05) is 6.07 Å². The fourth-order valence-corrected chi connectivity index (χ4v) is 1.78. The van der Waals surface area contributed by atoms with E-state index >= 15 is 0 Å². The van der Waals surface area contributed by atoms with E-state index in [9.17, 15) is 8.42 Å². The molecule has 0 radical (unpaired) electrons. The van der Waals surface area contributed by atoms with E-state index in [1.165, 1.54) is 17.8 Å². The molecule has 17 heavy (non-hydrogen) atoms. The fraction of sp³-hybridized carbons (Fsp3) is 0.444.